The molecule has 0 aliphatic rings. The Balaban J connectivity index is 5.27. The van der Waals surface area contributed by atoms with E-state index in [4.69, 9.17) is 37.0 Å². The second-order valence-corrected chi connectivity index (χ2v) is 30.6. The lowest BCUT2D eigenvalue weighted by Crippen LogP contribution is -2.30. The number of phosphoric ester groups is 2. The van der Waals surface area contributed by atoms with E-state index in [1.165, 1.54) is 161 Å². The molecule has 17 nitrogen and oxygen atoms in total. The first-order chi connectivity index (χ1) is 43.6. The van der Waals surface area contributed by atoms with Crippen LogP contribution in [0.3, 0.4) is 0 Å². The molecule has 0 heterocycles. The molecule has 3 N–H and O–H groups in total. The first kappa shape index (κ1) is 89.1. The zero-order valence-corrected chi connectivity index (χ0v) is 61.3. The lowest BCUT2D eigenvalue weighted by atomic mass is 9.99. The van der Waals surface area contributed by atoms with Crippen LogP contribution in [0, 0.1) is 23.7 Å². The van der Waals surface area contributed by atoms with Crippen LogP contribution in [-0.2, 0) is 65.4 Å². The SMILES string of the molecule is CCC(C)CCCCCCCCCCC(=O)O[C@H](COC(=O)CCCCCCCCCCC(C)C)COP(=O)(O)OCC(O)COP(=O)(O)OC[C@@H](COC(=O)CCCCCCCCCCCCC(C)C)OC(=O)CCCCCCCCCCCCCCC(C)C. The van der Waals surface area contributed by atoms with E-state index in [-0.39, 0.29) is 25.7 Å². The normalized spacial score (nSPS) is 14.5. The number of phosphoric acid groups is 2. The van der Waals surface area contributed by atoms with Gasteiger partial charge in [-0.1, -0.05) is 306 Å². The third-order valence-electron chi connectivity index (χ3n) is 16.9. The van der Waals surface area contributed by atoms with E-state index < -0.39 is 97.5 Å². The van der Waals surface area contributed by atoms with Crippen LogP contribution in [0.2, 0.25) is 0 Å². The summed E-state index contributed by atoms with van der Waals surface area (Å²) in [5.41, 5.74) is 0. The van der Waals surface area contributed by atoms with E-state index in [2.05, 4.69) is 55.4 Å². The maximum Gasteiger partial charge on any atom is 0.472 e. The predicted octanol–water partition coefficient (Wildman–Crippen LogP) is 20.5. The molecular formula is C72H140O17P2. The third kappa shape index (κ3) is 65.1. The van der Waals surface area contributed by atoms with Crippen molar-refractivity contribution in [3.8, 4) is 0 Å². The molecule has 0 spiro atoms. The molecule has 91 heavy (non-hydrogen) atoms. The average Bonchev–Trinajstić information content (AvgIpc) is 3.58. The lowest BCUT2D eigenvalue weighted by molar-refractivity contribution is -0.161. The van der Waals surface area contributed by atoms with Crippen LogP contribution < -0.4 is 0 Å². The molecular weight excluding hydrogens is 1200 g/mol. The molecule has 0 bridgehead atoms. The van der Waals surface area contributed by atoms with Gasteiger partial charge in [0.05, 0.1) is 26.4 Å². The van der Waals surface area contributed by atoms with E-state index in [0.717, 1.165) is 114 Å². The molecule has 6 atom stereocenters. The smallest absolute Gasteiger partial charge is 0.462 e. The van der Waals surface area contributed by atoms with Gasteiger partial charge < -0.3 is 33.8 Å². The zero-order valence-electron chi connectivity index (χ0n) is 59.5. The topological polar surface area (TPSA) is 237 Å². The first-order valence-electron chi connectivity index (χ1n) is 37.2. The van der Waals surface area contributed by atoms with Gasteiger partial charge in [-0.05, 0) is 49.4 Å². The summed E-state index contributed by atoms with van der Waals surface area (Å²) < 4.78 is 68.4. The van der Waals surface area contributed by atoms with E-state index in [1.54, 1.807) is 0 Å². The fraction of sp³-hybridized carbons (Fsp3) is 0.944. The molecule has 0 amide bonds. The maximum atomic E-state index is 13.0. The summed E-state index contributed by atoms with van der Waals surface area (Å²) in [5, 5.41) is 10.6. The van der Waals surface area contributed by atoms with E-state index in [1.807, 2.05) is 0 Å². The Hall–Kier alpha value is -1.94. The maximum absolute atomic E-state index is 13.0. The van der Waals surface area contributed by atoms with Gasteiger partial charge in [-0.25, -0.2) is 9.13 Å². The van der Waals surface area contributed by atoms with E-state index >= 15 is 0 Å². The minimum absolute atomic E-state index is 0.104. The van der Waals surface area contributed by atoms with Gasteiger partial charge in [-0.2, -0.15) is 0 Å². The van der Waals surface area contributed by atoms with Crippen molar-refractivity contribution in [1.29, 1.82) is 0 Å². The fourth-order valence-corrected chi connectivity index (χ4v) is 12.4. The lowest BCUT2D eigenvalue weighted by Gasteiger charge is -2.21. The highest BCUT2D eigenvalue weighted by Crippen LogP contribution is 2.45. The fourth-order valence-electron chi connectivity index (χ4n) is 10.8. The van der Waals surface area contributed by atoms with Crippen LogP contribution in [-0.4, -0.2) is 96.7 Å². The van der Waals surface area contributed by atoms with Gasteiger partial charge in [0, 0.05) is 25.7 Å². The second kappa shape index (κ2) is 61.6. The highest BCUT2D eigenvalue weighted by atomic mass is 31.2. The van der Waals surface area contributed by atoms with Crippen LogP contribution in [0.5, 0.6) is 0 Å². The van der Waals surface area contributed by atoms with Crippen LogP contribution in [0.15, 0.2) is 0 Å². The molecule has 19 heteroatoms. The number of hydrogen-bond acceptors (Lipinski definition) is 15. The zero-order chi connectivity index (χ0) is 67.5. The number of aliphatic hydroxyl groups is 1. The summed E-state index contributed by atoms with van der Waals surface area (Å²) in [4.78, 5) is 72.7. The molecule has 540 valence electrons. The number of esters is 4. The third-order valence-corrected chi connectivity index (χ3v) is 18.8. The van der Waals surface area contributed by atoms with Crippen molar-refractivity contribution in [2.75, 3.05) is 39.6 Å². The predicted molar refractivity (Wildman–Crippen MR) is 367 cm³/mol. The Labute approximate surface area is 556 Å². The molecule has 0 aromatic heterocycles. The van der Waals surface area contributed by atoms with Crippen LogP contribution in [0.4, 0.5) is 0 Å². The number of unbranched alkanes of at least 4 members (excludes halogenated alkanes) is 34. The number of rotatable bonds is 69. The van der Waals surface area contributed by atoms with Gasteiger partial charge in [-0.15, -0.1) is 0 Å². The van der Waals surface area contributed by atoms with Gasteiger partial charge in [0.15, 0.2) is 12.2 Å². The summed E-state index contributed by atoms with van der Waals surface area (Å²) in [6.07, 6.45) is 44.4. The molecule has 0 radical (unpaired) electrons. The summed E-state index contributed by atoms with van der Waals surface area (Å²) in [7, 11) is -9.91. The summed E-state index contributed by atoms with van der Waals surface area (Å²) in [6, 6.07) is 0. The first-order valence-corrected chi connectivity index (χ1v) is 40.2. The molecule has 0 aliphatic heterocycles. The van der Waals surface area contributed by atoms with E-state index in [0.29, 0.717) is 25.7 Å². The van der Waals surface area contributed by atoms with Crippen molar-refractivity contribution in [3.63, 3.8) is 0 Å². The Kier molecular flexibility index (Phi) is 60.3. The number of ether oxygens (including phenoxy) is 4. The monoisotopic (exact) mass is 1340 g/mol. The Morgan fingerprint density at radius 3 is 0.780 bits per heavy atom. The number of carbonyl (C=O) groups is 4. The van der Waals surface area contributed by atoms with Crippen LogP contribution in [0.25, 0.3) is 0 Å². The highest BCUT2D eigenvalue weighted by Gasteiger charge is 2.30. The summed E-state index contributed by atoms with van der Waals surface area (Å²) in [5.74, 6) is 0.904. The van der Waals surface area contributed by atoms with E-state index in [9.17, 15) is 43.2 Å². The number of carbonyl (C=O) groups excluding carboxylic acids is 4. The van der Waals surface area contributed by atoms with Crippen molar-refractivity contribution in [3.05, 3.63) is 0 Å². The van der Waals surface area contributed by atoms with Gasteiger partial charge in [-0.3, -0.25) is 37.3 Å². The molecule has 0 aliphatic carbocycles. The van der Waals surface area contributed by atoms with Crippen molar-refractivity contribution >= 4 is 39.5 Å². The van der Waals surface area contributed by atoms with Crippen molar-refractivity contribution in [1.82, 2.24) is 0 Å². The molecule has 0 saturated carbocycles. The van der Waals surface area contributed by atoms with Crippen LogP contribution in [0.1, 0.15) is 357 Å². The van der Waals surface area contributed by atoms with Crippen molar-refractivity contribution < 1.29 is 80.2 Å². The summed E-state index contributed by atoms with van der Waals surface area (Å²) >= 11 is 0. The van der Waals surface area contributed by atoms with Crippen molar-refractivity contribution in [2.24, 2.45) is 23.7 Å². The minimum Gasteiger partial charge on any atom is -0.462 e. The Morgan fingerprint density at radius 1 is 0.308 bits per heavy atom. The van der Waals surface area contributed by atoms with Gasteiger partial charge in [0.25, 0.3) is 0 Å². The number of aliphatic hydroxyl groups excluding tert-OH is 1. The molecule has 0 rings (SSSR count). The quantitative estimate of drug-likeness (QED) is 0.0222. The molecule has 4 unspecified atom stereocenters. The standard InChI is InChI=1S/C72H140O17P2/c1-9-65(8)51-43-35-27-21-23-31-39-47-55-72(77)89-68(59-83-70(75)53-45-37-29-22-20-26-34-42-50-64(6)7)61-87-91(80,81)85-57-66(73)56-84-90(78,79)86-60-67(58-82-69(74)52-44-36-28-18-15-14-17-25-33-41-49-63(4)5)88-71(76)54-46-38-30-19-13-11-10-12-16-24-32-40-48-62(2)3/h62-68,73H,9-61H2,1-8H3,(H,78,79)(H,80,81)/t65?,66?,67-,68-/m1/s1. The summed E-state index contributed by atoms with van der Waals surface area (Å²) in [6.45, 7) is 14.1. The highest BCUT2D eigenvalue weighted by molar-refractivity contribution is 7.47. The Morgan fingerprint density at radius 2 is 0.527 bits per heavy atom. The molecule has 0 aromatic carbocycles. The van der Waals surface area contributed by atoms with Crippen LogP contribution >= 0.6 is 15.6 Å². The minimum atomic E-state index is -4.95. The van der Waals surface area contributed by atoms with Crippen molar-refractivity contribution in [2.45, 2.75) is 375 Å². The molecule has 0 fully saturated rings. The molecule has 0 saturated heterocycles. The molecule has 0 aromatic rings. The Bertz CT molecular complexity index is 1800. The van der Waals surface area contributed by atoms with Gasteiger partial charge in [0.1, 0.15) is 19.3 Å². The van der Waals surface area contributed by atoms with Gasteiger partial charge >= 0.3 is 39.5 Å². The second-order valence-electron chi connectivity index (χ2n) is 27.6. The largest absolute Gasteiger partial charge is 0.472 e. The number of hydrogen-bond donors (Lipinski definition) is 3. The average molecular weight is 1340 g/mol. The van der Waals surface area contributed by atoms with Gasteiger partial charge in [0.2, 0.25) is 0 Å².